The van der Waals surface area contributed by atoms with Gasteiger partial charge in [0.1, 0.15) is 5.82 Å². The summed E-state index contributed by atoms with van der Waals surface area (Å²) in [5.74, 6) is -0.647. The molecule has 3 nitrogen and oxygen atoms in total. The molecule has 1 heterocycles. The molecule has 1 fully saturated rings. The zero-order valence-electron chi connectivity index (χ0n) is 12.1. The summed E-state index contributed by atoms with van der Waals surface area (Å²) in [6, 6.07) is 3.46. The largest absolute Gasteiger partial charge is 0.336 e. The van der Waals surface area contributed by atoms with Gasteiger partial charge in [-0.3, -0.25) is 9.69 Å². The maximum absolute atomic E-state index is 14.0. The summed E-state index contributed by atoms with van der Waals surface area (Å²) in [6.45, 7) is 9.07. The lowest BCUT2D eigenvalue weighted by atomic mass is 10.1. The number of halogens is 2. The highest BCUT2D eigenvalue weighted by atomic mass is 79.9. The molecule has 20 heavy (non-hydrogen) atoms. The Hall–Kier alpha value is -0.940. The van der Waals surface area contributed by atoms with Crippen molar-refractivity contribution in [2.45, 2.75) is 26.8 Å². The van der Waals surface area contributed by atoms with E-state index in [4.69, 9.17) is 0 Å². The van der Waals surface area contributed by atoms with Crippen molar-refractivity contribution in [3.8, 4) is 0 Å². The van der Waals surface area contributed by atoms with Gasteiger partial charge in [-0.05, 0) is 38.5 Å². The molecular weight excluding hydrogens is 323 g/mol. The minimum absolute atomic E-state index is 0.192. The van der Waals surface area contributed by atoms with Gasteiger partial charge in [-0.25, -0.2) is 4.39 Å². The molecule has 1 saturated heterocycles. The molecule has 0 atom stereocenters. The predicted octanol–water partition coefficient (Wildman–Crippen LogP) is 3.06. The number of amides is 1. The van der Waals surface area contributed by atoms with Gasteiger partial charge < -0.3 is 4.90 Å². The van der Waals surface area contributed by atoms with Crippen molar-refractivity contribution < 1.29 is 9.18 Å². The Bertz CT molecular complexity index is 511. The Labute approximate surface area is 127 Å². The SMILES string of the molecule is Cc1c(Br)ccc(F)c1C(=O)N1CCN(C(C)C)CC1. The van der Waals surface area contributed by atoms with Gasteiger partial charge >= 0.3 is 0 Å². The molecule has 0 unspecified atom stereocenters. The lowest BCUT2D eigenvalue weighted by Crippen LogP contribution is -2.50. The van der Waals surface area contributed by atoms with Gasteiger partial charge in [-0.15, -0.1) is 0 Å². The number of benzene rings is 1. The number of rotatable bonds is 2. The second kappa shape index (κ2) is 6.22. The molecule has 0 saturated carbocycles. The Morgan fingerprint density at radius 2 is 1.85 bits per heavy atom. The topological polar surface area (TPSA) is 23.6 Å². The highest BCUT2D eigenvalue weighted by Gasteiger charge is 2.26. The average Bonchev–Trinajstić information content (AvgIpc) is 2.43. The lowest BCUT2D eigenvalue weighted by Gasteiger charge is -2.37. The van der Waals surface area contributed by atoms with Crippen LogP contribution in [0.15, 0.2) is 16.6 Å². The van der Waals surface area contributed by atoms with Crippen LogP contribution in [0.2, 0.25) is 0 Å². The van der Waals surface area contributed by atoms with Crippen molar-refractivity contribution in [1.82, 2.24) is 9.80 Å². The summed E-state index contributed by atoms with van der Waals surface area (Å²) >= 11 is 3.36. The molecule has 1 aliphatic heterocycles. The van der Waals surface area contributed by atoms with Crippen molar-refractivity contribution in [3.05, 3.63) is 33.5 Å². The third kappa shape index (κ3) is 3.04. The van der Waals surface area contributed by atoms with Crippen LogP contribution in [0.3, 0.4) is 0 Å². The molecule has 0 radical (unpaired) electrons. The van der Waals surface area contributed by atoms with E-state index >= 15 is 0 Å². The molecule has 1 aliphatic rings. The van der Waals surface area contributed by atoms with Gasteiger partial charge in [-0.1, -0.05) is 15.9 Å². The van der Waals surface area contributed by atoms with Gasteiger partial charge in [0, 0.05) is 36.7 Å². The van der Waals surface area contributed by atoms with Crippen molar-refractivity contribution >= 4 is 21.8 Å². The molecule has 2 rings (SSSR count). The standard InChI is InChI=1S/C15H20BrFN2O/c1-10(2)18-6-8-19(9-7-18)15(20)14-11(3)12(16)4-5-13(14)17/h4-5,10H,6-9H2,1-3H3. The molecule has 5 heteroatoms. The number of carbonyl (C=O) groups excluding carboxylic acids is 1. The van der Waals surface area contributed by atoms with Crippen LogP contribution in [0, 0.1) is 12.7 Å². The van der Waals surface area contributed by atoms with Crippen LogP contribution in [-0.4, -0.2) is 47.9 Å². The van der Waals surface area contributed by atoms with Crippen molar-refractivity contribution in [2.24, 2.45) is 0 Å². The monoisotopic (exact) mass is 342 g/mol. The third-order valence-corrected chi connectivity index (χ3v) is 4.75. The van der Waals surface area contributed by atoms with Gasteiger partial charge in [-0.2, -0.15) is 0 Å². The molecule has 0 aromatic heterocycles. The number of nitrogens with zero attached hydrogens (tertiary/aromatic N) is 2. The van der Waals surface area contributed by atoms with Crippen LogP contribution in [0.4, 0.5) is 4.39 Å². The second-order valence-electron chi connectivity index (χ2n) is 5.45. The van der Waals surface area contributed by atoms with E-state index in [0.29, 0.717) is 24.7 Å². The van der Waals surface area contributed by atoms with E-state index in [-0.39, 0.29) is 11.5 Å². The van der Waals surface area contributed by atoms with Gasteiger partial charge in [0.05, 0.1) is 5.56 Å². The number of carbonyl (C=O) groups is 1. The highest BCUT2D eigenvalue weighted by molar-refractivity contribution is 9.10. The third-order valence-electron chi connectivity index (χ3n) is 3.89. The fourth-order valence-corrected chi connectivity index (χ4v) is 2.85. The molecule has 0 spiro atoms. The molecule has 0 aliphatic carbocycles. The van der Waals surface area contributed by atoms with E-state index in [0.717, 1.165) is 17.6 Å². The summed E-state index contributed by atoms with van der Waals surface area (Å²) in [4.78, 5) is 16.6. The summed E-state index contributed by atoms with van der Waals surface area (Å²) in [5.41, 5.74) is 0.860. The first-order chi connectivity index (χ1) is 9.41. The van der Waals surface area contributed by atoms with E-state index < -0.39 is 5.82 Å². The zero-order chi connectivity index (χ0) is 14.9. The van der Waals surface area contributed by atoms with Gasteiger partial charge in [0.15, 0.2) is 0 Å². The van der Waals surface area contributed by atoms with E-state index in [9.17, 15) is 9.18 Å². The Morgan fingerprint density at radius 3 is 2.40 bits per heavy atom. The van der Waals surface area contributed by atoms with Crippen LogP contribution in [0.5, 0.6) is 0 Å². The fourth-order valence-electron chi connectivity index (χ4n) is 2.52. The van der Waals surface area contributed by atoms with E-state index in [1.165, 1.54) is 6.07 Å². The van der Waals surface area contributed by atoms with Crippen LogP contribution in [0.1, 0.15) is 29.8 Å². The van der Waals surface area contributed by atoms with Gasteiger partial charge in [0.25, 0.3) is 5.91 Å². The summed E-state index contributed by atoms with van der Waals surface area (Å²) in [6.07, 6.45) is 0. The van der Waals surface area contributed by atoms with Crippen LogP contribution in [-0.2, 0) is 0 Å². The summed E-state index contributed by atoms with van der Waals surface area (Å²) in [5, 5.41) is 0. The predicted molar refractivity (Wildman–Crippen MR) is 81.4 cm³/mol. The summed E-state index contributed by atoms with van der Waals surface area (Å²) in [7, 11) is 0. The highest BCUT2D eigenvalue weighted by Crippen LogP contribution is 2.24. The Kier molecular flexibility index (Phi) is 4.81. The minimum atomic E-state index is -0.443. The number of hydrogen-bond donors (Lipinski definition) is 0. The first-order valence-electron chi connectivity index (χ1n) is 6.89. The van der Waals surface area contributed by atoms with E-state index in [2.05, 4.69) is 34.7 Å². The molecule has 0 N–H and O–H groups in total. The lowest BCUT2D eigenvalue weighted by molar-refractivity contribution is 0.0590. The molecule has 1 aromatic rings. The maximum atomic E-state index is 14.0. The van der Waals surface area contributed by atoms with Crippen LogP contribution >= 0.6 is 15.9 Å². The molecule has 1 amide bonds. The quantitative estimate of drug-likeness (QED) is 0.824. The number of piperazine rings is 1. The fraction of sp³-hybridized carbons (Fsp3) is 0.533. The van der Waals surface area contributed by atoms with Crippen molar-refractivity contribution in [3.63, 3.8) is 0 Å². The molecule has 0 bridgehead atoms. The number of hydrogen-bond acceptors (Lipinski definition) is 2. The first kappa shape index (κ1) is 15.4. The Morgan fingerprint density at radius 1 is 1.25 bits per heavy atom. The molecule has 1 aromatic carbocycles. The zero-order valence-corrected chi connectivity index (χ0v) is 13.7. The normalized spacial score (nSPS) is 16.8. The first-order valence-corrected chi connectivity index (χ1v) is 7.69. The maximum Gasteiger partial charge on any atom is 0.257 e. The average molecular weight is 343 g/mol. The van der Waals surface area contributed by atoms with Crippen LogP contribution < -0.4 is 0 Å². The Balaban J connectivity index is 2.16. The van der Waals surface area contributed by atoms with E-state index in [1.807, 2.05) is 0 Å². The van der Waals surface area contributed by atoms with Crippen LogP contribution in [0.25, 0.3) is 0 Å². The second-order valence-corrected chi connectivity index (χ2v) is 6.31. The van der Waals surface area contributed by atoms with E-state index in [1.54, 1.807) is 17.9 Å². The van der Waals surface area contributed by atoms with Crippen molar-refractivity contribution in [2.75, 3.05) is 26.2 Å². The molecule has 110 valence electrons. The summed E-state index contributed by atoms with van der Waals surface area (Å²) < 4.78 is 14.7. The smallest absolute Gasteiger partial charge is 0.257 e. The van der Waals surface area contributed by atoms with Gasteiger partial charge in [0.2, 0.25) is 0 Å². The minimum Gasteiger partial charge on any atom is -0.336 e. The van der Waals surface area contributed by atoms with Crippen molar-refractivity contribution in [1.29, 1.82) is 0 Å². The molecular formula is C15H20BrFN2O.